The summed E-state index contributed by atoms with van der Waals surface area (Å²) in [6.45, 7) is 23.4. The normalized spacial score (nSPS) is 31.1. The molecule has 2 radical (unpaired) electrons. The lowest BCUT2D eigenvalue weighted by molar-refractivity contribution is 0.231. The highest BCUT2D eigenvalue weighted by Gasteiger charge is 2.53. The topological polar surface area (TPSA) is 46.2 Å². The lowest BCUT2D eigenvalue weighted by Crippen LogP contribution is -2.65. The minimum Gasteiger partial charge on any atom is -0.421 e. The van der Waals surface area contributed by atoms with Crippen LogP contribution in [-0.4, -0.2) is 58.3 Å². The molecule has 0 aliphatic carbocycles. The fourth-order valence-electron chi connectivity index (χ4n) is 3.42. The molecule has 0 saturated carbocycles. The number of hydrogen-bond acceptors (Lipinski definition) is 5. The summed E-state index contributed by atoms with van der Waals surface area (Å²) in [7, 11) is -10.2. The molecule has 0 bridgehead atoms. The molecule has 5 nitrogen and oxygen atoms in total. The third-order valence-corrected chi connectivity index (χ3v) is 25.8. The van der Waals surface area contributed by atoms with E-state index < -0.39 is 42.6 Å². The van der Waals surface area contributed by atoms with E-state index >= 15 is 0 Å². The molecule has 1 rings (SSSR count). The van der Waals surface area contributed by atoms with E-state index in [2.05, 4.69) is 65.9 Å². The van der Waals surface area contributed by atoms with Crippen LogP contribution < -0.4 is 0 Å². The molecule has 0 aromatic carbocycles. The Morgan fingerprint density at radius 3 is 1.85 bits per heavy atom. The van der Waals surface area contributed by atoms with Gasteiger partial charge in [0.15, 0.2) is 8.32 Å². The quantitative estimate of drug-likeness (QED) is 0.260. The molecule has 1 aliphatic heterocycles. The van der Waals surface area contributed by atoms with Crippen LogP contribution in [0.4, 0.5) is 0 Å². The van der Waals surface area contributed by atoms with Gasteiger partial charge in [-0.25, -0.2) is 0 Å². The zero-order chi connectivity index (χ0) is 21.0. The highest BCUT2D eigenvalue weighted by atomic mass is 28.5. The lowest BCUT2D eigenvalue weighted by atomic mass is 10.8. The van der Waals surface area contributed by atoms with E-state index in [1.165, 1.54) is 0 Å². The monoisotopic (exact) mass is 480 g/mol. The minimum absolute atomic E-state index is 0.803. The smallest absolute Gasteiger partial charge is 0.317 e. The Kier molecular flexibility index (Phi) is 9.36. The van der Waals surface area contributed by atoms with Crippen LogP contribution in [0.2, 0.25) is 76.6 Å². The van der Waals surface area contributed by atoms with Gasteiger partial charge >= 0.3 is 34.2 Å². The number of hydrogen-bond donors (Lipinski definition) is 0. The molecule has 0 amide bonds. The first-order valence-corrected chi connectivity index (χ1v) is 25.1. The van der Waals surface area contributed by atoms with Gasteiger partial charge in [-0.15, -0.1) is 6.58 Å². The van der Waals surface area contributed by atoms with Crippen molar-refractivity contribution in [3.63, 3.8) is 0 Å². The summed E-state index contributed by atoms with van der Waals surface area (Å²) >= 11 is 0. The molecule has 1 fully saturated rings. The van der Waals surface area contributed by atoms with E-state index in [1.54, 1.807) is 0 Å². The average molecular weight is 481 g/mol. The highest BCUT2D eigenvalue weighted by Crippen LogP contribution is 2.35. The largest absolute Gasteiger partial charge is 0.421 e. The average Bonchev–Trinajstić information content (AvgIpc) is 2.46. The van der Waals surface area contributed by atoms with Crippen LogP contribution in [0.3, 0.4) is 0 Å². The Morgan fingerprint density at radius 2 is 1.41 bits per heavy atom. The Bertz CT molecular complexity index is 480. The number of rotatable bonds is 9. The standard InChI is InChI=1S/C16H40O5Si6/c1-11-13-22-16-17-23(3,4)14-15-27(10)20-24(5,6)18-26(9,12-2)19-25(7,8)21-27/h11H,1,12-16H2,2-10H3. The second kappa shape index (κ2) is 9.77. The van der Waals surface area contributed by atoms with Crippen molar-refractivity contribution < 1.29 is 20.9 Å². The zero-order valence-corrected chi connectivity index (χ0v) is 24.9. The molecule has 1 saturated heterocycles. The summed E-state index contributed by atoms with van der Waals surface area (Å²) in [5, 5.41) is 0. The Morgan fingerprint density at radius 1 is 0.926 bits per heavy atom. The molecule has 0 aromatic heterocycles. The molecule has 158 valence electrons. The molecule has 0 N–H and O–H groups in total. The fourth-order valence-corrected chi connectivity index (χ4v) is 30.9. The van der Waals surface area contributed by atoms with E-state index in [0.29, 0.717) is 0 Å². The lowest BCUT2D eigenvalue weighted by Gasteiger charge is -2.48. The fraction of sp³-hybridized carbons (Fsp3) is 0.875. The van der Waals surface area contributed by atoms with E-state index in [0.717, 1.165) is 39.9 Å². The van der Waals surface area contributed by atoms with Gasteiger partial charge < -0.3 is 20.9 Å². The SMILES string of the molecule is C=CC[Si]CO[Si](C)(C)CC[Si]1(C)O[Si](C)(C)O[Si](C)(CC)O[Si](C)(C)O1. The van der Waals surface area contributed by atoms with E-state index in [-0.39, 0.29) is 0 Å². The molecule has 11 heteroatoms. The number of allylic oxidation sites excluding steroid dienone is 1. The van der Waals surface area contributed by atoms with Crippen LogP contribution in [-0.2, 0) is 20.9 Å². The first kappa shape index (κ1) is 25.9. The maximum Gasteiger partial charge on any atom is 0.317 e. The predicted molar refractivity (Wildman–Crippen MR) is 127 cm³/mol. The van der Waals surface area contributed by atoms with Crippen LogP contribution in [0.15, 0.2) is 12.7 Å². The second-order valence-corrected chi connectivity index (χ2v) is 29.2. The van der Waals surface area contributed by atoms with Gasteiger partial charge in [0.05, 0.1) is 9.52 Å². The van der Waals surface area contributed by atoms with Crippen LogP contribution in [0, 0.1) is 0 Å². The maximum atomic E-state index is 6.72. The van der Waals surface area contributed by atoms with Crippen molar-refractivity contribution in [1.29, 1.82) is 0 Å². The Hall–Kier alpha value is 0.841. The van der Waals surface area contributed by atoms with Crippen molar-refractivity contribution in [2.75, 3.05) is 6.23 Å². The Labute approximate surface area is 175 Å². The molecular formula is C16H40O5Si6. The van der Waals surface area contributed by atoms with Gasteiger partial charge in [-0.2, -0.15) is 0 Å². The Balaban J connectivity index is 2.84. The van der Waals surface area contributed by atoms with E-state index in [9.17, 15) is 0 Å². The first-order valence-electron chi connectivity index (χ1n) is 9.92. The summed E-state index contributed by atoms with van der Waals surface area (Å²) in [4.78, 5) is 0. The summed E-state index contributed by atoms with van der Waals surface area (Å²) in [6.07, 6.45) is 2.81. The molecule has 27 heavy (non-hydrogen) atoms. The summed E-state index contributed by atoms with van der Waals surface area (Å²) in [5.41, 5.74) is 0. The molecule has 0 spiro atoms. The second-order valence-electron chi connectivity index (χ2n) is 9.12. The van der Waals surface area contributed by atoms with Gasteiger partial charge in [-0.3, -0.25) is 0 Å². The van der Waals surface area contributed by atoms with Gasteiger partial charge in [-0.1, -0.05) is 13.0 Å². The van der Waals surface area contributed by atoms with Crippen LogP contribution in [0.1, 0.15) is 6.92 Å². The maximum absolute atomic E-state index is 6.72. The third kappa shape index (κ3) is 9.46. The van der Waals surface area contributed by atoms with E-state index in [4.69, 9.17) is 20.9 Å². The minimum atomic E-state index is -2.39. The van der Waals surface area contributed by atoms with Gasteiger partial charge in [0, 0.05) is 6.23 Å². The first-order chi connectivity index (χ1) is 12.2. The highest BCUT2D eigenvalue weighted by molar-refractivity contribution is 6.93. The molecule has 0 atom stereocenters. The van der Waals surface area contributed by atoms with Gasteiger partial charge in [0.25, 0.3) is 0 Å². The van der Waals surface area contributed by atoms with Crippen molar-refractivity contribution in [1.82, 2.24) is 0 Å². The van der Waals surface area contributed by atoms with Crippen LogP contribution in [0.25, 0.3) is 0 Å². The molecule has 0 aromatic rings. The van der Waals surface area contributed by atoms with Crippen LogP contribution in [0.5, 0.6) is 0 Å². The molecule has 0 unspecified atom stereocenters. The van der Waals surface area contributed by atoms with Crippen molar-refractivity contribution in [2.24, 2.45) is 0 Å². The van der Waals surface area contributed by atoms with Crippen LogP contribution >= 0.6 is 0 Å². The zero-order valence-electron chi connectivity index (χ0n) is 18.9. The van der Waals surface area contributed by atoms with Crippen molar-refractivity contribution in [2.45, 2.75) is 83.5 Å². The van der Waals surface area contributed by atoms with Gasteiger partial charge in [0.1, 0.15) is 0 Å². The molecule has 1 heterocycles. The summed E-state index contributed by atoms with van der Waals surface area (Å²) in [5.74, 6) is 0. The van der Waals surface area contributed by atoms with Crippen molar-refractivity contribution in [3.05, 3.63) is 12.7 Å². The summed E-state index contributed by atoms with van der Waals surface area (Å²) in [6, 6.07) is 3.95. The van der Waals surface area contributed by atoms with E-state index in [1.807, 2.05) is 6.08 Å². The molecule has 1 aliphatic rings. The van der Waals surface area contributed by atoms with Crippen molar-refractivity contribution >= 4 is 52.1 Å². The van der Waals surface area contributed by atoms with Gasteiger partial charge in [-0.05, 0) is 76.6 Å². The molecular weight excluding hydrogens is 441 g/mol. The summed E-state index contributed by atoms with van der Waals surface area (Å²) < 4.78 is 32.8. The van der Waals surface area contributed by atoms with Crippen molar-refractivity contribution in [3.8, 4) is 0 Å². The predicted octanol–water partition coefficient (Wildman–Crippen LogP) is 5.12. The third-order valence-electron chi connectivity index (χ3n) is 4.52. The van der Waals surface area contributed by atoms with Gasteiger partial charge in [0.2, 0.25) is 0 Å².